The zero-order chi connectivity index (χ0) is 13.5. The molecule has 0 saturated carbocycles. The van der Waals surface area contributed by atoms with Gasteiger partial charge in [0, 0.05) is 39.0 Å². The van der Waals surface area contributed by atoms with Crippen molar-refractivity contribution in [3.05, 3.63) is 0 Å². The smallest absolute Gasteiger partial charge is 0.317 e. The van der Waals surface area contributed by atoms with Gasteiger partial charge in [-0.1, -0.05) is 0 Å². The topological polar surface area (TPSA) is 98.7 Å². The van der Waals surface area contributed by atoms with E-state index in [9.17, 15) is 14.4 Å². The molecule has 1 rings (SSSR count). The number of carboxylic acids is 1. The summed E-state index contributed by atoms with van der Waals surface area (Å²) in [4.78, 5) is 34.5. The summed E-state index contributed by atoms with van der Waals surface area (Å²) >= 11 is 0. The van der Waals surface area contributed by atoms with Gasteiger partial charge >= 0.3 is 12.0 Å². The molecule has 3 N–H and O–H groups in total. The Labute approximate surface area is 106 Å². The molecule has 0 aromatic carbocycles. The normalized spacial score (nSPS) is 18.9. The van der Waals surface area contributed by atoms with Gasteiger partial charge in [-0.25, -0.2) is 4.79 Å². The fourth-order valence-electron chi connectivity index (χ4n) is 1.71. The number of nitrogens with zero attached hydrogens (tertiary/aromatic N) is 1. The van der Waals surface area contributed by atoms with E-state index in [1.807, 2.05) is 0 Å². The number of piperidine rings is 1. The van der Waals surface area contributed by atoms with Crippen molar-refractivity contribution >= 4 is 17.9 Å². The van der Waals surface area contributed by atoms with Gasteiger partial charge in [-0.2, -0.15) is 0 Å². The van der Waals surface area contributed by atoms with Crippen molar-refractivity contribution in [3.63, 3.8) is 0 Å². The van der Waals surface area contributed by atoms with Crippen molar-refractivity contribution in [2.45, 2.75) is 31.7 Å². The highest BCUT2D eigenvalue weighted by Crippen LogP contribution is 2.03. The minimum Gasteiger partial charge on any atom is -0.481 e. The number of nitrogens with one attached hydrogen (secondary N) is 2. The molecule has 1 fully saturated rings. The second-order valence-corrected chi connectivity index (χ2v) is 4.41. The Bertz CT molecular complexity index is 322. The molecule has 1 unspecified atom stereocenters. The highest BCUT2D eigenvalue weighted by molar-refractivity contribution is 5.78. The summed E-state index contributed by atoms with van der Waals surface area (Å²) < 4.78 is 0. The second-order valence-electron chi connectivity index (χ2n) is 4.41. The Morgan fingerprint density at radius 1 is 1.56 bits per heavy atom. The van der Waals surface area contributed by atoms with Crippen LogP contribution in [0.2, 0.25) is 0 Å². The average molecular weight is 257 g/mol. The summed E-state index contributed by atoms with van der Waals surface area (Å²) in [5, 5.41) is 14.0. The molecule has 1 heterocycles. The molecular weight excluding hydrogens is 238 g/mol. The van der Waals surface area contributed by atoms with Crippen LogP contribution in [0.5, 0.6) is 0 Å². The third-order valence-electron chi connectivity index (χ3n) is 2.82. The number of carboxylic acid groups (broad SMARTS) is 1. The molecule has 0 radical (unpaired) electrons. The number of aliphatic carboxylic acids is 1. The molecule has 0 aliphatic carbocycles. The summed E-state index contributed by atoms with van der Waals surface area (Å²) in [6.45, 7) is 0.852. The van der Waals surface area contributed by atoms with E-state index in [0.29, 0.717) is 32.4 Å². The van der Waals surface area contributed by atoms with Gasteiger partial charge in [0.05, 0.1) is 0 Å². The van der Waals surface area contributed by atoms with E-state index in [1.54, 1.807) is 7.05 Å². The van der Waals surface area contributed by atoms with E-state index in [-0.39, 0.29) is 24.4 Å². The zero-order valence-corrected chi connectivity index (χ0v) is 10.4. The summed E-state index contributed by atoms with van der Waals surface area (Å²) in [6.07, 6.45) is 1.55. The molecule has 0 bridgehead atoms. The maximum absolute atomic E-state index is 11.7. The SMILES string of the molecule is CN(CCCC(=O)O)C(=O)NC1CCC(=O)NC1. The van der Waals surface area contributed by atoms with Crippen LogP contribution < -0.4 is 10.6 Å². The van der Waals surface area contributed by atoms with Crippen LogP contribution in [0.1, 0.15) is 25.7 Å². The van der Waals surface area contributed by atoms with E-state index >= 15 is 0 Å². The number of urea groups is 1. The third kappa shape index (κ3) is 5.03. The minimum absolute atomic E-state index is 0.00955. The van der Waals surface area contributed by atoms with Crippen LogP contribution in [0.25, 0.3) is 0 Å². The Kier molecular flexibility index (Phi) is 5.41. The van der Waals surface area contributed by atoms with E-state index in [0.717, 1.165) is 0 Å². The highest BCUT2D eigenvalue weighted by Gasteiger charge is 2.20. The lowest BCUT2D eigenvalue weighted by molar-refractivity contribution is -0.137. The van der Waals surface area contributed by atoms with Gasteiger partial charge in [0.25, 0.3) is 0 Å². The van der Waals surface area contributed by atoms with Gasteiger partial charge in [-0.3, -0.25) is 9.59 Å². The van der Waals surface area contributed by atoms with Gasteiger partial charge in [0.15, 0.2) is 0 Å². The van der Waals surface area contributed by atoms with Crippen LogP contribution >= 0.6 is 0 Å². The predicted molar refractivity (Wildman–Crippen MR) is 64.1 cm³/mol. The number of amides is 3. The van der Waals surface area contributed by atoms with Gasteiger partial charge in [0.2, 0.25) is 5.91 Å². The summed E-state index contributed by atoms with van der Waals surface area (Å²) in [6, 6.07) is -0.279. The van der Waals surface area contributed by atoms with Crippen LogP contribution in [-0.2, 0) is 9.59 Å². The third-order valence-corrected chi connectivity index (χ3v) is 2.82. The van der Waals surface area contributed by atoms with Crippen molar-refractivity contribution in [3.8, 4) is 0 Å². The van der Waals surface area contributed by atoms with E-state index in [2.05, 4.69) is 10.6 Å². The van der Waals surface area contributed by atoms with E-state index in [1.165, 1.54) is 4.90 Å². The van der Waals surface area contributed by atoms with Crippen LogP contribution in [-0.4, -0.2) is 54.1 Å². The standard InChI is InChI=1S/C11H19N3O4/c1-14(6-2-3-10(16)17)11(18)13-8-4-5-9(15)12-7-8/h8H,2-7H2,1H3,(H,12,15)(H,13,18)(H,16,17). The molecule has 1 aliphatic rings. The van der Waals surface area contributed by atoms with Crippen molar-refractivity contribution < 1.29 is 19.5 Å². The predicted octanol–water partition coefficient (Wildman–Crippen LogP) is -0.229. The minimum atomic E-state index is -0.862. The highest BCUT2D eigenvalue weighted by atomic mass is 16.4. The van der Waals surface area contributed by atoms with Crippen LogP contribution in [0.15, 0.2) is 0 Å². The molecule has 0 aromatic heterocycles. The molecular formula is C11H19N3O4. The molecule has 7 nitrogen and oxygen atoms in total. The molecule has 18 heavy (non-hydrogen) atoms. The number of rotatable bonds is 5. The number of hydrogen-bond acceptors (Lipinski definition) is 3. The number of hydrogen-bond donors (Lipinski definition) is 3. The Balaban J connectivity index is 2.22. The summed E-state index contributed by atoms with van der Waals surface area (Å²) in [5.74, 6) is -0.853. The van der Waals surface area contributed by atoms with Crippen LogP contribution in [0.3, 0.4) is 0 Å². The number of carbonyl (C=O) groups excluding carboxylic acids is 2. The van der Waals surface area contributed by atoms with Gasteiger partial charge in [0.1, 0.15) is 0 Å². The molecule has 7 heteroatoms. The van der Waals surface area contributed by atoms with Gasteiger partial charge in [-0.15, -0.1) is 0 Å². The van der Waals surface area contributed by atoms with Crippen molar-refractivity contribution in [2.75, 3.05) is 20.1 Å². The second kappa shape index (κ2) is 6.83. The molecule has 3 amide bonds. The average Bonchev–Trinajstić information content (AvgIpc) is 2.31. The molecule has 1 saturated heterocycles. The molecule has 1 aliphatic heterocycles. The maximum atomic E-state index is 11.7. The first kappa shape index (κ1) is 14.3. The summed E-state index contributed by atoms with van der Waals surface area (Å²) in [5.41, 5.74) is 0. The Hall–Kier alpha value is -1.79. The fourth-order valence-corrected chi connectivity index (χ4v) is 1.71. The van der Waals surface area contributed by atoms with E-state index in [4.69, 9.17) is 5.11 Å². The first-order valence-corrected chi connectivity index (χ1v) is 5.99. The Morgan fingerprint density at radius 2 is 2.28 bits per heavy atom. The zero-order valence-electron chi connectivity index (χ0n) is 10.4. The summed E-state index contributed by atoms with van der Waals surface area (Å²) in [7, 11) is 1.62. The van der Waals surface area contributed by atoms with Crippen LogP contribution in [0.4, 0.5) is 4.79 Å². The molecule has 1 atom stereocenters. The van der Waals surface area contributed by atoms with Gasteiger partial charge in [-0.05, 0) is 12.8 Å². The monoisotopic (exact) mass is 257 g/mol. The lowest BCUT2D eigenvalue weighted by Crippen LogP contribution is -2.51. The van der Waals surface area contributed by atoms with Crippen molar-refractivity contribution in [1.29, 1.82) is 0 Å². The molecule has 102 valence electrons. The van der Waals surface area contributed by atoms with E-state index < -0.39 is 5.97 Å². The quantitative estimate of drug-likeness (QED) is 0.633. The largest absolute Gasteiger partial charge is 0.481 e. The number of carbonyl (C=O) groups is 3. The first-order valence-electron chi connectivity index (χ1n) is 5.99. The van der Waals surface area contributed by atoms with Crippen LogP contribution in [0, 0.1) is 0 Å². The Morgan fingerprint density at radius 3 is 2.83 bits per heavy atom. The van der Waals surface area contributed by atoms with Crippen molar-refractivity contribution in [1.82, 2.24) is 15.5 Å². The van der Waals surface area contributed by atoms with Gasteiger partial charge < -0.3 is 20.6 Å². The maximum Gasteiger partial charge on any atom is 0.317 e. The lowest BCUT2D eigenvalue weighted by atomic mass is 10.1. The lowest BCUT2D eigenvalue weighted by Gasteiger charge is -2.26. The first-order chi connectivity index (χ1) is 8.49. The molecule has 0 aromatic rings. The fraction of sp³-hybridized carbons (Fsp3) is 0.727. The molecule has 0 spiro atoms. The van der Waals surface area contributed by atoms with Crippen molar-refractivity contribution in [2.24, 2.45) is 0 Å².